The minimum absolute atomic E-state index is 0.162. The van der Waals surface area contributed by atoms with Crippen molar-refractivity contribution in [2.24, 2.45) is 0 Å². The normalized spacial score (nSPS) is 23.7. The lowest BCUT2D eigenvalue weighted by Gasteiger charge is -2.27. The second kappa shape index (κ2) is 6.07. The Kier molecular flexibility index (Phi) is 4.44. The molecule has 1 saturated heterocycles. The van der Waals surface area contributed by atoms with Crippen LogP contribution in [-0.2, 0) is 6.54 Å². The highest BCUT2D eigenvalue weighted by molar-refractivity contribution is 5.39. The van der Waals surface area contributed by atoms with Crippen molar-refractivity contribution in [3.05, 3.63) is 23.8 Å². The maximum Gasteiger partial charge on any atom is 0.127 e. The summed E-state index contributed by atoms with van der Waals surface area (Å²) in [4.78, 5) is 1.40. The Morgan fingerprint density at radius 1 is 1.33 bits per heavy atom. The first kappa shape index (κ1) is 13.2. The number of aliphatic hydroxyl groups excluding tert-OH is 1. The van der Waals surface area contributed by atoms with Gasteiger partial charge in [-0.05, 0) is 31.0 Å². The van der Waals surface area contributed by atoms with Crippen LogP contribution in [0.4, 0.5) is 0 Å². The van der Waals surface area contributed by atoms with E-state index in [0.29, 0.717) is 0 Å². The minimum atomic E-state index is -0.162. The van der Waals surface area contributed by atoms with Crippen LogP contribution < -0.4 is 14.4 Å². The van der Waals surface area contributed by atoms with E-state index in [4.69, 9.17) is 9.47 Å². The lowest BCUT2D eigenvalue weighted by atomic mass is 10.1. The van der Waals surface area contributed by atoms with Gasteiger partial charge in [0.05, 0.1) is 26.3 Å². The summed E-state index contributed by atoms with van der Waals surface area (Å²) < 4.78 is 10.6. The summed E-state index contributed by atoms with van der Waals surface area (Å²) >= 11 is 0. The predicted octanol–water partition coefficient (Wildman–Crippen LogP) is 0.243. The van der Waals surface area contributed by atoms with Crippen molar-refractivity contribution in [2.45, 2.75) is 25.5 Å². The molecule has 2 unspecified atom stereocenters. The first-order chi connectivity index (χ1) is 8.72. The number of hydrogen-bond donors (Lipinski definition) is 2. The third-order valence-electron chi connectivity index (χ3n) is 3.52. The Bertz CT molecular complexity index is 395. The van der Waals surface area contributed by atoms with Crippen LogP contribution in [0.2, 0.25) is 0 Å². The smallest absolute Gasteiger partial charge is 0.127 e. The lowest BCUT2D eigenvalue weighted by molar-refractivity contribution is -0.921. The van der Waals surface area contributed by atoms with E-state index in [2.05, 4.69) is 0 Å². The average molecular weight is 252 g/mol. The van der Waals surface area contributed by atoms with E-state index in [9.17, 15) is 5.11 Å². The first-order valence-electron chi connectivity index (χ1n) is 6.45. The number of nitrogens with one attached hydrogen (secondary N) is 1. The number of piperidine rings is 1. The van der Waals surface area contributed by atoms with Gasteiger partial charge in [0.2, 0.25) is 0 Å². The fourth-order valence-corrected chi connectivity index (χ4v) is 2.58. The van der Waals surface area contributed by atoms with Gasteiger partial charge in [0.25, 0.3) is 0 Å². The quantitative estimate of drug-likeness (QED) is 0.807. The number of aliphatic hydroxyl groups is 1. The van der Waals surface area contributed by atoms with Gasteiger partial charge in [0, 0.05) is 0 Å². The maximum atomic E-state index is 9.71. The van der Waals surface area contributed by atoms with Crippen molar-refractivity contribution in [1.29, 1.82) is 0 Å². The molecule has 0 radical (unpaired) electrons. The van der Waals surface area contributed by atoms with Crippen molar-refractivity contribution >= 4 is 0 Å². The summed E-state index contributed by atoms with van der Waals surface area (Å²) in [6, 6.07) is 5.86. The molecular weight excluding hydrogens is 230 g/mol. The van der Waals surface area contributed by atoms with Gasteiger partial charge in [0.15, 0.2) is 0 Å². The van der Waals surface area contributed by atoms with Crippen LogP contribution in [0.3, 0.4) is 0 Å². The molecule has 1 aromatic carbocycles. The van der Waals surface area contributed by atoms with Crippen LogP contribution in [0.1, 0.15) is 18.4 Å². The van der Waals surface area contributed by atoms with Crippen molar-refractivity contribution in [1.82, 2.24) is 0 Å². The Balaban J connectivity index is 2.11. The van der Waals surface area contributed by atoms with Crippen molar-refractivity contribution in [3.63, 3.8) is 0 Å². The molecule has 2 N–H and O–H groups in total. The van der Waals surface area contributed by atoms with Gasteiger partial charge < -0.3 is 19.5 Å². The zero-order chi connectivity index (χ0) is 13.0. The van der Waals surface area contributed by atoms with E-state index in [1.165, 1.54) is 4.90 Å². The molecule has 1 aliphatic heterocycles. The van der Waals surface area contributed by atoms with Crippen LogP contribution in [-0.4, -0.2) is 38.5 Å². The summed E-state index contributed by atoms with van der Waals surface area (Å²) in [5, 5.41) is 9.71. The molecule has 0 spiro atoms. The topological polar surface area (TPSA) is 43.1 Å². The number of likely N-dealkylation sites (tertiary alicyclic amines) is 1. The number of methoxy groups -OCH3 is 2. The largest absolute Gasteiger partial charge is 0.497 e. The standard InChI is InChI=1S/C14H21NO3/c1-17-13-5-6-14(18-2)11(8-13)9-15-7-3-4-12(16)10-15/h5-6,8,12,16H,3-4,7,9-10H2,1-2H3/p+1. The molecule has 100 valence electrons. The fourth-order valence-electron chi connectivity index (χ4n) is 2.58. The molecule has 1 aliphatic rings. The highest BCUT2D eigenvalue weighted by atomic mass is 16.5. The van der Waals surface area contributed by atoms with E-state index >= 15 is 0 Å². The van der Waals surface area contributed by atoms with Crippen LogP contribution in [0.5, 0.6) is 11.5 Å². The molecule has 2 atom stereocenters. The fraction of sp³-hybridized carbons (Fsp3) is 0.571. The molecule has 0 aliphatic carbocycles. The first-order valence-corrected chi connectivity index (χ1v) is 6.45. The van der Waals surface area contributed by atoms with E-state index in [-0.39, 0.29) is 6.10 Å². The van der Waals surface area contributed by atoms with Gasteiger partial charge in [-0.1, -0.05) is 0 Å². The van der Waals surface area contributed by atoms with Gasteiger partial charge >= 0.3 is 0 Å². The molecule has 0 amide bonds. The third kappa shape index (κ3) is 3.15. The van der Waals surface area contributed by atoms with Gasteiger partial charge in [-0.3, -0.25) is 0 Å². The molecule has 1 aromatic rings. The van der Waals surface area contributed by atoms with E-state index in [1.807, 2.05) is 18.2 Å². The summed E-state index contributed by atoms with van der Waals surface area (Å²) in [7, 11) is 3.36. The summed E-state index contributed by atoms with van der Waals surface area (Å²) in [5.74, 6) is 1.74. The zero-order valence-corrected chi connectivity index (χ0v) is 11.1. The molecule has 0 aromatic heterocycles. The van der Waals surface area contributed by atoms with Crippen LogP contribution in [0.15, 0.2) is 18.2 Å². The molecule has 0 saturated carbocycles. The Hall–Kier alpha value is -1.26. The molecular formula is C14H22NO3+. The molecule has 1 heterocycles. The SMILES string of the molecule is COc1ccc(OC)c(C[NH+]2CCCC(O)C2)c1. The number of benzene rings is 1. The second-order valence-corrected chi connectivity index (χ2v) is 4.85. The summed E-state index contributed by atoms with van der Waals surface area (Å²) in [6.45, 7) is 2.80. The Morgan fingerprint density at radius 3 is 2.83 bits per heavy atom. The van der Waals surface area contributed by atoms with Crippen LogP contribution in [0.25, 0.3) is 0 Å². The van der Waals surface area contributed by atoms with Gasteiger partial charge in [-0.25, -0.2) is 0 Å². The van der Waals surface area contributed by atoms with Crippen molar-refractivity contribution in [3.8, 4) is 11.5 Å². The Labute approximate surface area is 108 Å². The zero-order valence-electron chi connectivity index (χ0n) is 11.1. The predicted molar refractivity (Wildman–Crippen MR) is 69.2 cm³/mol. The second-order valence-electron chi connectivity index (χ2n) is 4.85. The summed E-state index contributed by atoms with van der Waals surface area (Å²) in [6.07, 6.45) is 1.85. The van der Waals surface area contributed by atoms with E-state index < -0.39 is 0 Å². The third-order valence-corrected chi connectivity index (χ3v) is 3.52. The monoisotopic (exact) mass is 252 g/mol. The average Bonchev–Trinajstić information content (AvgIpc) is 2.38. The van der Waals surface area contributed by atoms with Gasteiger partial charge in [0.1, 0.15) is 30.7 Å². The summed E-state index contributed by atoms with van der Waals surface area (Å²) in [5.41, 5.74) is 1.14. The number of ether oxygens (including phenoxy) is 2. The molecule has 2 rings (SSSR count). The van der Waals surface area contributed by atoms with Crippen molar-refractivity contribution < 1.29 is 19.5 Å². The van der Waals surface area contributed by atoms with E-state index in [0.717, 1.165) is 49.5 Å². The molecule has 1 fully saturated rings. The van der Waals surface area contributed by atoms with Gasteiger partial charge in [-0.2, -0.15) is 0 Å². The van der Waals surface area contributed by atoms with Gasteiger partial charge in [-0.15, -0.1) is 0 Å². The lowest BCUT2D eigenvalue weighted by Crippen LogP contribution is -3.12. The molecule has 0 bridgehead atoms. The molecule has 4 heteroatoms. The Morgan fingerprint density at radius 2 is 2.17 bits per heavy atom. The molecule has 18 heavy (non-hydrogen) atoms. The number of hydrogen-bond acceptors (Lipinski definition) is 3. The maximum absolute atomic E-state index is 9.71. The van der Waals surface area contributed by atoms with Crippen molar-refractivity contribution in [2.75, 3.05) is 27.3 Å². The highest BCUT2D eigenvalue weighted by Gasteiger charge is 2.22. The number of quaternary nitrogens is 1. The number of rotatable bonds is 4. The minimum Gasteiger partial charge on any atom is -0.497 e. The highest BCUT2D eigenvalue weighted by Crippen LogP contribution is 2.23. The van der Waals surface area contributed by atoms with Crippen LogP contribution in [0, 0.1) is 0 Å². The van der Waals surface area contributed by atoms with E-state index in [1.54, 1.807) is 14.2 Å². The molecule has 4 nitrogen and oxygen atoms in total. The van der Waals surface area contributed by atoms with Crippen LogP contribution >= 0.6 is 0 Å².